The number of benzene rings is 2. The van der Waals surface area contributed by atoms with Crippen molar-refractivity contribution in [3.8, 4) is 0 Å². The third-order valence-electron chi connectivity index (χ3n) is 4.10. The van der Waals surface area contributed by atoms with Gasteiger partial charge in [-0.05, 0) is 48.7 Å². The van der Waals surface area contributed by atoms with Crippen molar-refractivity contribution in [3.63, 3.8) is 0 Å². The fourth-order valence-electron chi connectivity index (χ4n) is 2.80. The molecule has 2 aromatic carbocycles. The Kier molecular flexibility index (Phi) is 4.75. The van der Waals surface area contributed by atoms with Gasteiger partial charge in [0.15, 0.2) is 0 Å². The highest BCUT2D eigenvalue weighted by Crippen LogP contribution is 2.24. The van der Waals surface area contributed by atoms with Crippen LogP contribution in [0.2, 0.25) is 0 Å². The SMILES string of the molecule is Cc1ccccc1/C=C/C(=O)Nc1cccc(N2CCCC2=O)c1. The van der Waals surface area contributed by atoms with Crippen LogP contribution in [0.4, 0.5) is 11.4 Å². The van der Waals surface area contributed by atoms with Crippen LogP contribution in [0.25, 0.3) is 6.08 Å². The first-order valence-corrected chi connectivity index (χ1v) is 8.08. The van der Waals surface area contributed by atoms with Gasteiger partial charge in [-0.2, -0.15) is 0 Å². The van der Waals surface area contributed by atoms with Crippen LogP contribution in [0.3, 0.4) is 0 Å². The van der Waals surface area contributed by atoms with Crippen LogP contribution in [0.5, 0.6) is 0 Å². The lowest BCUT2D eigenvalue weighted by atomic mass is 10.1. The standard InChI is InChI=1S/C20H20N2O2/c1-15-6-2-3-7-16(15)11-12-19(23)21-17-8-4-9-18(14-17)22-13-5-10-20(22)24/h2-4,6-9,11-12,14H,5,10,13H2,1H3,(H,21,23)/b12-11+. The van der Waals surface area contributed by atoms with E-state index in [4.69, 9.17) is 0 Å². The van der Waals surface area contributed by atoms with Crippen LogP contribution in [0.15, 0.2) is 54.6 Å². The van der Waals surface area contributed by atoms with E-state index in [9.17, 15) is 9.59 Å². The minimum absolute atomic E-state index is 0.137. The fourth-order valence-corrected chi connectivity index (χ4v) is 2.80. The minimum Gasteiger partial charge on any atom is -0.322 e. The first kappa shape index (κ1) is 16.0. The number of amides is 2. The lowest BCUT2D eigenvalue weighted by molar-refractivity contribution is -0.117. The van der Waals surface area contributed by atoms with Gasteiger partial charge in [-0.1, -0.05) is 30.3 Å². The van der Waals surface area contributed by atoms with Gasteiger partial charge in [-0.25, -0.2) is 0 Å². The Morgan fingerprint density at radius 2 is 2.00 bits per heavy atom. The molecule has 1 heterocycles. The monoisotopic (exact) mass is 320 g/mol. The molecule has 1 N–H and O–H groups in total. The van der Waals surface area contributed by atoms with E-state index < -0.39 is 0 Å². The van der Waals surface area contributed by atoms with Crippen LogP contribution < -0.4 is 10.2 Å². The maximum atomic E-state index is 12.1. The number of rotatable bonds is 4. The van der Waals surface area contributed by atoms with Gasteiger partial charge in [0, 0.05) is 30.4 Å². The summed E-state index contributed by atoms with van der Waals surface area (Å²) in [5.74, 6) is -0.0546. The molecule has 0 radical (unpaired) electrons. The summed E-state index contributed by atoms with van der Waals surface area (Å²) in [6.07, 6.45) is 4.80. The summed E-state index contributed by atoms with van der Waals surface area (Å²) in [4.78, 5) is 25.7. The van der Waals surface area contributed by atoms with Gasteiger partial charge in [-0.15, -0.1) is 0 Å². The molecule has 1 aliphatic heterocycles. The number of aryl methyl sites for hydroxylation is 1. The van der Waals surface area contributed by atoms with Crippen molar-refractivity contribution in [1.29, 1.82) is 0 Å². The van der Waals surface area contributed by atoms with Crippen molar-refractivity contribution in [2.45, 2.75) is 19.8 Å². The molecule has 1 fully saturated rings. The average molecular weight is 320 g/mol. The van der Waals surface area contributed by atoms with Crippen LogP contribution >= 0.6 is 0 Å². The largest absolute Gasteiger partial charge is 0.322 e. The summed E-state index contributed by atoms with van der Waals surface area (Å²) < 4.78 is 0. The molecule has 0 saturated carbocycles. The van der Waals surface area contributed by atoms with Gasteiger partial charge < -0.3 is 10.2 Å². The maximum absolute atomic E-state index is 12.1. The highest BCUT2D eigenvalue weighted by molar-refractivity contribution is 6.03. The van der Waals surface area contributed by atoms with E-state index in [1.54, 1.807) is 11.0 Å². The Balaban J connectivity index is 1.68. The molecule has 0 aliphatic carbocycles. The highest BCUT2D eigenvalue weighted by atomic mass is 16.2. The topological polar surface area (TPSA) is 49.4 Å². The molecule has 0 spiro atoms. The summed E-state index contributed by atoms with van der Waals surface area (Å²) in [5, 5.41) is 2.85. The molecule has 24 heavy (non-hydrogen) atoms. The average Bonchev–Trinajstić information content (AvgIpc) is 3.00. The Bertz CT molecular complexity index is 796. The van der Waals surface area contributed by atoms with Gasteiger partial charge in [-0.3, -0.25) is 9.59 Å². The molecular formula is C20H20N2O2. The van der Waals surface area contributed by atoms with Crippen molar-refractivity contribution < 1.29 is 9.59 Å². The summed E-state index contributed by atoms with van der Waals surface area (Å²) in [5.41, 5.74) is 3.66. The molecule has 0 bridgehead atoms. The molecule has 0 unspecified atom stereocenters. The predicted molar refractivity (Wildman–Crippen MR) is 96.9 cm³/mol. The van der Waals surface area contributed by atoms with Crippen molar-refractivity contribution in [3.05, 3.63) is 65.7 Å². The molecule has 2 aromatic rings. The van der Waals surface area contributed by atoms with Crippen molar-refractivity contribution in [2.75, 3.05) is 16.8 Å². The Hall–Kier alpha value is -2.88. The normalized spacial score (nSPS) is 14.4. The quantitative estimate of drug-likeness (QED) is 0.872. The molecule has 4 nitrogen and oxygen atoms in total. The second-order valence-electron chi connectivity index (χ2n) is 5.88. The number of nitrogens with one attached hydrogen (secondary N) is 1. The third-order valence-corrected chi connectivity index (χ3v) is 4.10. The van der Waals surface area contributed by atoms with Gasteiger partial charge in [0.1, 0.15) is 0 Å². The number of anilines is 2. The van der Waals surface area contributed by atoms with Crippen molar-refractivity contribution in [1.82, 2.24) is 0 Å². The van der Waals surface area contributed by atoms with E-state index in [0.29, 0.717) is 12.1 Å². The van der Waals surface area contributed by atoms with Crippen LogP contribution in [0.1, 0.15) is 24.0 Å². The highest BCUT2D eigenvalue weighted by Gasteiger charge is 2.21. The molecular weight excluding hydrogens is 300 g/mol. The smallest absolute Gasteiger partial charge is 0.248 e. The Morgan fingerprint density at radius 3 is 2.75 bits per heavy atom. The van der Waals surface area contributed by atoms with Crippen LogP contribution in [-0.2, 0) is 9.59 Å². The molecule has 0 atom stereocenters. The summed E-state index contributed by atoms with van der Waals surface area (Å²) >= 11 is 0. The zero-order valence-electron chi connectivity index (χ0n) is 13.7. The van der Waals surface area contributed by atoms with Gasteiger partial charge in [0.05, 0.1) is 0 Å². The van der Waals surface area contributed by atoms with Crippen molar-refractivity contribution >= 4 is 29.3 Å². The van der Waals surface area contributed by atoms with Gasteiger partial charge >= 0.3 is 0 Å². The van der Waals surface area contributed by atoms with E-state index >= 15 is 0 Å². The van der Waals surface area contributed by atoms with E-state index in [1.165, 1.54) is 6.08 Å². The zero-order valence-corrected chi connectivity index (χ0v) is 13.7. The Morgan fingerprint density at radius 1 is 1.17 bits per heavy atom. The van der Waals surface area contributed by atoms with Crippen LogP contribution in [-0.4, -0.2) is 18.4 Å². The predicted octanol–water partition coefficient (Wildman–Crippen LogP) is 3.77. The number of carbonyl (C=O) groups excluding carboxylic acids is 2. The molecule has 2 amide bonds. The van der Waals surface area contributed by atoms with E-state index in [2.05, 4.69) is 5.32 Å². The second-order valence-corrected chi connectivity index (χ2v) is 5.88. The van der Waals surface area contributed by atoms with E-state index in [1.807, 2.05) is 55.5 Å². The fraction of sp³-hybridized carbons (Fsp3) is 0.200. The van der Waals surface area contributed by atoms with Crippen molar-refractivity contribution in [2.24, 2.45) is 0 Å². The van der Waals surface area contributed by atoms with E-state index in [0.717, 1.165) is 29.8 Å². The molecule has 1 saturated heterocycles. The molecule has 1 aliphatic rings. The lowest BCUT2D eigenvalue weighted by Gasteiger charge is -2.16. The molecule has 3 rings (SSSR count). The summed E-state index contributed by atoms with van der Waals surface area (Å²) in [7, 11) is 0. The Labute approximate surface area is 141 Å². The molecule has 0 aromatic heterocycles. The second kappa shape index (κ2) is 7.13. The summed E-state index contributed by atoms with van der Waals surface area (Å²) in [6.45, 7) is 2.75. The maximum Gasteiger partial charge on any atom is 0.248 e. The first-order chi connectivity index (χ1) is 11.6. The molecule has 122 valence electrons. The number of hydrogen-bond acceptors (Lipinski definition) is 2. The lowest BCUT2D eigenvalue weighted by Crippen LogP contribution is -2.23. The molecule has 4 heteroatoms. The van der Waals surface area contributed by atoms with Crippen LogP contribution in [0, 0.1) is 6.92 Å². The first-order valence-electron chi connectivity index (χ1n) is 8.08. The third kappa shape index (κ3) is 3.71. The number of nitrogens with zero attached hydrogens (tertiary/aromatic N) is 1. The number of hydrogen-bond donors (Lipinski definition) is 1. The zero-order chi connectivity index (χ0) is 16.9. The van der Waals surface area contributed by atoms with E-state index in [-0.39, 0.29) is 11.8 Å². The van der Waals surface area contributed by atoms with Gasteiger partial charge in [0.2, 0.25) is 11.8 Å². The minimum atomic E-state index is -0.192. The number of carbonyl (C=O) groups is 2. The van der Waals surface area contributed by atoms with Gasteiger partial charge in [0.25, 0.3) is 0 Å². The summed E-state index contributed by atoms with van der Waals surface area (Å²) in [6, 6.07) is 15.3.